The molecule has 1 saturated heterocycles. The van der Waals surface area contributed by atoms with Gasteiger partial charge in [0.2, 0.25) is 5.91 Å². The monoisotopic (exact) mass is 327 g/mol. The molecule has 1 amide bonds. The van der Waals surface area contributed by atoms with E-state index < -0.39 is 22.9 Å². The smallest absolute Gasteiger partial charge is 0.334 e. The van der Waals surface area contributed by atoms with E-state index >= 15 is 0 Å². The maximum absolute atomic E-state index is 13.1. The number of hydrogen-bond acceptors (Lipinski definition) is 4. The molecule has 2 aliphatic heterocycles. The van der Waals surface area contributed by atoms with Crippen LogP contribution in [0.4, 0.5) is 8.78 Å². The number of carboxylic acid groups (broad SMARTS) is 1. The molecular weight excluding hydrogens is 316 g/mol. The number of nitrogens with zero attached hydrogens (tertiary/aromatic N) is 1. The standard InChI is InChI=1S/C14H11F2NO4S/c15-9-2-1-7(3-10(9)16)21-6-11-8(14(19)20)5-17-12(18)4-13(17)22-11/h1-3,5,11,13H,4,6H2,(H,19,20)/t11?,13-/m1/s1. The van der Waals surface area contributed by atoms with Crippen molar-refractivity contribution >= 4 is 23.6 Å². The first-order valence-corrected chi connectivity index (χ1v) is 7.39. The van der Waals surface area contributed by atoms with Crippen molar-refractivity contribution in [1.82, 2.24) is 4.90 Å². The lowest BCUT2D eigenvalue weighted by atomic mass is 10.1. The zero-order valence-electron chi connectivity index (χ0n) is 11.2. The molecular formula is C14H11F2NO4S. The Hall–Kier alpha value is -2.09. The fraction of sp³-hybridized carbons (Fsp3) is 0.286. The number of aliphatic carboxylic acids is 1. The van der Waals surface area contributed by atoms with E-state index in [1.807, 2.05) is 0 Å². The van der Waals surface area contributed by atoms with Gasteiger partial charge >= 0.3 is 5.97 Å². The molecule has 2 atom stereocenters. The number of thioether (sulfide) groups is 1. The van der Waals surface area contributed by atoms with Gasteiger partial charge in [0.25, 0.3) is 0 Å². The lowest BCUT2D eigenvalue weighted by Gasteiger charge is -2.43. The number of carbonyl (C=O) groups excluding carboxylic acids is 1. The largest absolute Gasteiger partial charge is 0.492 e. The molecule has 1 unspecified atom stereocenters. The normalized spacial score (nSPS) is 23.5. The number of halogens is 2. The molecule has 1 aromatic rings. The summed E-state index contributed by atoms with van der Waals surface area (Å²) in [6.45, 7) is -0.00754. The summed E-state index contributed by atoms with van der Waals surface area (Å²) in [5, 5.41) is 8.64. The number of hydrogen-bond donors (Lipinski definition) is 1. The molecule has 5 nitrogen and oxygen atoms in total. The fourth-order valence-electron chi connectivity index (χ4n) is 2.23. The van der Waals surface area contributed by atoms with Crippen LogP contribution in [0.1, 0.15) is 6.42 Å². The van der Waals surface area contributed by atoms with Crippen molar-refractivity contribution < 1.29 is 28.2 Å². The van der Waals surface area contributed by atoms with E-state index in [1.54, 1.807) is 0 Å². The maximum Gasteiger partial charge on any atom is 0.334 e. The summed E-state index contributed by atoms with van der Waals surface area (Å²) >= 11 is 1.31. The molecule has 0 saturated carbocycles. The third-order valence-electron chi connectivity index (χ3n) is 3.43. The van der Waals surface area contributed by atoms with E-state index in [9.17, 15) is 23.5 Å². The number of ether oxygens (including phenoxy) is 1. The predicted octanol–water partition coefficient (Wildman–Crippen LogP) is 1.99. The Morgan fingerprint density at radius 3 is 2.82 bits per heavy atom. The van der Waals surface area contributed by atoms with Crippen LogP contribution in [0, 0.1) is 11.6 Å². The molecule has 2 aliphatic rings. The van der Waals surface area contributed by atoms with E-state index in [1.165, 1.54) is 28.9 Å². The topological polar surface area (TPSA) is 66.8 Å². The molecule has 0 bridgehead atoms. The Kier molecular flexibility index (Phi) is 3.78. The molecule has 0 spiro atoms. The highest BCUT2D eigenvalue weighted by Gasteiger charge is 2.43. The van der Waals surface area contributed by atoms with Crippen LogP contribution in [0.25, 0.3) is 0 Å². The highest BCUT2D eigenvalue weighted by Crippen LogP contribution is 2.40. The second kappa shape index (κ2) is 5.60. The van der Waals surface area contributed by atoms with Gasteiger partial charge in [-0.1, -0.05) is 0 Å². The molecule has 1 aromatic carbocycles. The maximum atomic E-state index is 13.1. The average molecular weight is 327 g/mol. The van der Waals surface area contributed by atoms with Gasteiger partial charge in [-0.05, 0) is 12.1 Å². The van der Waals surface area contributed by atoms with Crippen LogP contribution in [0.3, 0.4) is 0 Å². The van der Waals surface area contributed by atoms with Crippen molar-refractivity contribution in [1.29, 1.82) is 0 Å². The molecule has 3 rings (SSSR count). The van der Waals surface area contributed by atoms with Gasteiger partial charge in [0.1, 0.15) is 12.4 Å². The van der Waals surface area contributed by atoms with Gasteiger partial charge < -0.3 is 14.7 Å². The first-order chi connectivity index (χ1) is 10.5. The van der Waals surface area contributed by atoms with E-state index in [-0.39, 0.29) is 29.2 Å². The summed E-state index contributed by atoms with van der Waals surface area (Å²) in [5.74, 6) is -3.13. The van der Waals surface area contributed by atoms with Crippen molar-refractivity contribution in [3.63, 3.8) is 0 Å². The van der Waals surface area contributed by atoms with Crippen molar-refractivity contribution in [2.75, 3.05) is 6.61 Å². The Bertz CT molecular complexity index is 679. The van der Waals surface area contributed by atoms with Crippen LogP contribution in [0.15, 0.2) is 30.0 Å². The van der Waals surface area contributed by atoms with Gasteiger partial charge in [0.15, 0.2) is 11.6 Å². The summed E-state index contributed by atoms with van der Waals surface area (Å²) in [7, 11) is 0. The minimum Gasteiger partial charge on any atom is -0.492 e. The molecule has 0 radical (unpaired) electrons. The summed E-state index contributed by atoms with van der Waals surface area (Å²) in [5.41, 5.74) is 0.0527. The van der Waals surface area contributed by atoms with Crippen LogP contribution in [-0.4, -0.2) is 39.1 Å². The minimum atomic E-state index is -1.13. The van der Waals surface area contributed by atoms with Gasteiger partial charge in [0.05, 0.1) is 22.6 Å². The number of carbonyl (C=O) groups is 2. The Labute approximate surface area is 128 Å². The quantitative estimate of drug-likeness (QED) is 0.857. The van der Waals surface area contributed by atoms with Gasteiger partial charge in [-0.15, -0.1) is 11.8 Å². The SMILES string of the molecule is O=C(O)C1=CN2C(=O)C[C@H]2SC1COc1ccc(F)c(F)c1. The average Bonchev–Trinajstić information content (AvgIpc) is 2.47. The number of β-lactam (4-membered cyclic amide) rings is 1. The minimum absolute atomic E-state index is 0.00754. The van der Waals surface area contributed by atoms with Crippen molar-refractivity contribution in [3.8, 4) is 5.75 Å². The van der Waals surface area contributed by atoms with Crippen LogP contribution < -0.4 is 4.74 Å². The first-order valence-electron chi connectivity index (χ1n) is 6.45. The molecule has 1 fully saturated rings. The molecule has 116 valence electrons. The van der Waals surface area contributed by atoms with Crippen molar-refractivity contribution in [2.45, 2.75) is 17.0 Å². The van der Waals surface area contributed by atoms with Crippen molar-refractivity contribution in [3.05, 3.63) is 41.6 Å². The molecule has 8 heteroatoms. The van der Waals surface area contributed by atoms with Crippen LogP contribution in [0.2, 0.25) is 0 Å². The third-order valence-corrected chi connectivity index (χ3v) is 4.86. The number of fused-ring (bicyclic) bond motifs is 1. The second-order valence-corrected chi connectivity index (χ2v) is 6.25. The number of benzene rings is 1. The Balaban J connectivity index is 1.72. The van der Waals surface area contributed by atoms with Gasteiger partial charge in [0, 0.05) is 12.3 Å². The summed E-state index contributed by atoms with van der Waals surface area (Å²) in [6, 6.07) is 3.13. The highest BCUT2D eigenvalue weighted by molar-refractivity contribution is 8.00. The van der Waals surface area contributed by atoms with Crippen LogP contribution in [0.5, 0.6) is 5.75 Å². The first kappa shape index (κ1) is 14.8. The van der Waals surface area contributed by atoms with Crippen LogP contribution in [-0.2, 0) is 9.59 Å². The van der Waals surface area contributed by atoms with Crippen LogP contribution >= 0.6 is 11.8 Å². The summed E-state index contributed by atoms with van der Waals surface area (Å²) < 4.78 is 31.3. The number of carboxylic acids is 1. The Morgan fingerprint density at radius 1 is 1.41 bits per heavy atom. The van der Waals surface area contributed by atoms with Gasteiger partial charge in [-0.3, -0.25) is 4.79 Å². The predicted molar refractivity (Wildman–Crippen MR) is 74.2 cm³/mol. The van der Waals surface area contributed by atoms with E-state index in [2.05, 4.69) is 0 Å². The fourth-order valence-corrected chi connectivity index (χ4v) is 3.61. The summed E-state index contributed by atoms with van der Waals surface area (Å²) in [6.07, 6.45) is 1.68. The third kappa shape index (κ3) is 2.66. The molecule has 0 aliphatic carbocycles. The molecule has 2 heterocycles. The molecule has 0 aromatic heterocycles. The number of amides is 1. The van der Waals surface area contributed by atoms with E-state index in [4.69, 9.17) is 4.74 Å². The van der Waals surface area contributed by atoms with E-state index in [0.29, 0.717) is 6.42 Å². The zero-order valence-corrected chi connectivity index (χ0v) is 12.0. The van der Waals surface area contributed by atoms with Gasteiger partial charge in [-0.2, -0.15) is 0 Å². The highest BCUT2D eigenvalue weighted by atomic mass is 32.2. The van der Waals surface area contributed by atoms with Crippen molar-refractivity contribution in [2.24, 2.45) is 0 Å². The van der Waals surface area contributed by atoms with Gasteiger partial charge in [-0.25, -0.2) is 13.6 Å². The molecule has 1 N–H and O–H groups in total. The second-order valence-electron chi connectivity index (χ2n) is 4.86. The lowest BCUT2D eigenvalue weighted by molar-refractivity contribution is -0.138. The Morgan fingerprint density at radius 2 is 2.18 bits per heavy atom. The van der Waals surface area contributed by atoms with E-state index in [0.717, 1.165) is 12.1 Å². The lowest BCUT2D eigenvalue weighted by Crippen LogP contribution is -2.51. The number of rotatable bonds is 4. The zero-order chi connectivity index (χ0) is 15.9. The summed E-state index contributed by atoms with van der Waals surface area (Å²) in [4.78, 5) is 24.0. The molecule has 22 heavy (non-hydrogen) atoms.